The van der Waals surface area contributed by atoms with Crippen molar-refractivity contribution >= 4 is 0 Å². The lowest BCUT2D eigenvalue weighted by Crippen LogP contribution is -2.39. The molecule has 0 aromatic carbocycles. The summed E-state index contributed by atoms with van der Waals surface area (Å²) < 4.78 is 5.71. The molecule has 2 fully saturated rings. The molecule has 1 aromatic rings. The van der Waals surface area contributed by atoms with Gasteiger partial charge in [-0.2, -0.15) is 4.98 Å². The molecule has 0 amide bonds. The molecule has 0 radical (unpaired) electrons. The lowest BCUT2D eigenvalue weighted by Gasteiger charge is -2.33. The van der Waals surface area contributed by atoms with Gasteiger partial charge in [0.05, 0.1) is 5.41 Å². The summed E-state index contributed by atoms with van der Waals surface area (Å²) in [6, 6.07) is 0. The maximum atomic E-state index is 5.71. The highest BCUT2D eigenvalue weighted by Gasteiger charge is 2.38. The lowest BCUT2D eigenvalue weighted by atomic mass is 9.73. The van der Waals surface area contributed by atoms with Crippen molar-refractivity contribution < 1.29 is 4.52 Å². The van der Waals surface area contributed by atoms with Crippen molar-refractivity contribution in [2.24, 2.45) is 5.41 Å². The van der Waals surface area contributed by atoms with E-state index in [1.807, 2.05) is 0 Å². The predicted molar refractivity (Wildman–Crippen MR) is 83.4 cm³/mol. The van der Waals surface area contributed by atoms with Crippen molar-refractivity contribution in [1.82, 2.24) is 15.5 Å². The standard InChI is InChI=1S/C17H29N3O/c1-4-17(9-11-18-12-10-17)15-19-14(20-21-15)13-5-7-16(2,3)8-6-13/h13,18H,4-12H2,1-3H3. The Kier molecular flexibility index (Phi) is 4.08. The largest absolute Gasteiger partial charge is 0.339 e. The van der Waals surface area contributed by atoms with Gasteiger partial charge in [-0.05, 0) is 63.5 Å². The molecule has 4 heteroatoms. The van der Waals surface area contributed by atoms with E-state index < -0.39 is 0 Å². The van der Waals surface area contributed by atoms with Crippen LogP contribution in [-0.2, 0) is 5.41 Å². The minimum atomic E-state index is 0.116. The van der Waals surface area contributed by atoms with Crippen molar-refractivity contribution in [3.05, 3.63) is 11.7 Å². The van der Waals surface area contributed by atoms with Gasteiger partial charge in [-0.15, -0.1) is 0 Å². The van der Waals surface area contributed by atoms with E-state index in [9.17, 15) is 0 Å². The van der Waals surface area contributed by atoms with Crippen molar-refractivity contribution in [2.45, 2.75) is 77.0 Å². The number of piperidine rings is 1. The van der Waals surface area contributed by atoms with Crippen LogP contribution in [0.2, 0.25) is 0 Å². The molecule has 1 aliphatic carbocycles. The molecule has 21 heavy (non-hydrogen) atoms. The van der Waals surface area contributed by atoms with Crippen molar-refractivity contribution in [1.29, 1.82) is 0 Å². The molecule has 2 heterocycles. The van der Waals surface area contributed by atoms with E-state index in [2.05, 4.69) is 31.2 Å². The molecule has 2 aliphatic rings. The topological polar surface area (TPSA) is 51.0 Å². The third kappa shape index (κ3) is 3.01. The van der Waals surface area contributed by atoms with Gasteiger partial charge in [0.15, 0.2) is 5.82 Å². The van der Waals surface area contributed by atoms with Gasteiger partial charge in [-0.1, -0.05) is 25.9 Å². The van der Waals surface area contributed by atoms with Crippen molar-refractivity contribution in [2.75, 3.05) is 13.1 Å². The summed E-state index contributed by atoms with van der Waals surface area (Å²) in [6.45, 7) is 9.10. The highest BCUT2D eigenvalue weighted by atomic mass is 16.5. The Morgan fingerprint density at radius 1 is 1.14 bits per heavy atom. The lowest BCUT2D eigenvalue weighted by molar-refractivity contribution is 0.210. The number of hydrogen-bond donors (Lipinski definition) is 1. The highest BCUT2D eigenvalue weighted by molar-refractivity contribution is 5.09. The quantitative estimate of drug-likeness (QED) is 0.920. The van der Waals surface area contributed by atoms with Crippen molar-refractivity contribution in [3.8, 4) is 0 Å². The van der Waals surface area contributed by atoms with Crippen LogP contribution in [0.1, 0.15) is 83.3 Å². The average Bonchev–Trinajstić information content (AvgIpc) is 2.98. The second-order valence-corrected chi connectivity index (χ2v) is 7.78. The Bertz CT molecular complexity index is 464. The van der Waals surface area contributed by atoms with Gasteiger partial charge in [-0.3, -0.25) is 0 Å². The smallest absolute Gasteiger partial charge is 0.232 e. The van der Waals surface area contributed by atoms with Crippen LogP contribution in [0, 0.1) is 5.41 Å². The first-order chi connectivity index (χ1) is 10.0. The number of nitrogens with zero attached hydrogens (tertiary/aromatic N) is 2. The summed E-state index contributed by atoms with van der Waals surface area (Å²) in [5.74, 6) is 2.37. The Labute approximate surface area is 128 Å². The predicted octanol–water partition coefficient (Wildman–Crippen LogP) is 3.78. The molecule has 4 nitrogen and oxygen atoms in total. The molecule has 1 saturated heterocycles. The van der Waals surface area contributed by atoms with Crippen LogP contribution in [0.5, 0.6) is 0 Å². The fourth-order valence-corrected chi connectivity index (χ4v) is 3.90. The zero-order valence-electron chi connectivity index (χ0n) is 13.7. The van der Waals surface area contributed by atoms with Gasteiger partial charge >= 0.3 is 0 Å². The van der Waals surface area contributed by atoms with Gasteiger partial charge in [0.25, 0.3) is 0 Å². The molecule has 118 valence electrons. The van der Waals surface area contributed by atoms with E-state index in [0.29, 0.717) is 11.3 Å². The Morgan fingerprint density at radius 3 is 2.43 bits per heavy atom. The minimum absolute atomic E-state index is 0.116. The van der Waals surface area contributed by atoms with Gasteiger partial charge < -0.3 is 9.84 Å². The first-order valence-corrected chi connectivity index (χ1v) is 8.59. The van der Waals surface area contributed by atoms with Crippen LogP contribution >= 0.6 is 0 Å². The zero-order chi connectivity index (χ0) is 14.9. The maximum absolute atomic E-state index is 5.71. The molecule has 0 atom stereocenters. The van der Waals surface area contributed by atoms with Gasteiger partial charge in [-0.25, -0.2) is 0 Å². The maximum Gasteiger partial charge on any atom is 0.232 e. The number of rotatable bonds is 3. The normalized spacial score (nSPS) is 25.9. The average molecular weight is 291 g/mol. The molecule has 1 aromatic heterocycles. The van der Waals surface area contributed by atoms with Crippen LogP contribution in [0.25, 0.3) is 0 Å². The molecular formula is C17H29N3O. The highest BCUT2D eigenvalue weighted by Crippen LogP contribution is 2.42. The molecular weight excluding hydrogens is 262 g/mol. The third-order valence-corrected chi connectivity index (χ3v) is 5.84. The van der Waals surface area contributed by atoms with E-state index in [-0.39, 0.29) is 5.41 Å². The van der Waals surface area contributed by atoms with Crippen LogP contribution in [0.4, 0.5) is 0 Å². The van der Waals surface area contributed by atoms with E-state index in [0.717, 1.165) is 44.1 Å². The molecule has 0 bridgehead atoms. The Balaban J connectivity index is 1.74. The van der Waals surface area contributed by atoms with E-state index in [4.69, 9.17) is 9.51 Å². The van der Waals surface area contributed by atoms with E-state index in [1.54, 1.807) is 0 Å². The van der Waals surface area contributed by atoms with Crippen LogP contribution in [0.15, 0.2) is 4.52 Å². The molecule has 3 rings (SSSR count). The minimum Gasteiger partial charge on any atom is -0.339 e. The molecule has 1 saturated carbocycles. The van der Waals surface area contributed by atoms with Crippen LogP contribution in [-0.4, -0.2) is 23.2 Å². The Hall–Kier alpha value is -0.900. The third-order valence-electron chi connectivity index (χ3n) is 5.84. The van der Waals surface area contributed by atoms with E-state index in [1.165, 1.54) is 25.7 Å². The zero-order valence-corrected chi connectivity index (χ0v) is 13.7. The second kappa shape index (κ2) is 5.71. The number of nitrogens with one attached hydrogen (secondary N) is 1. The Morgan fingerprint density at radius 2 is 1.81 bits per heavy atom. The fraction of sp³-hybridized carbons (Fsp3) is 0.882. The van der Waals surface area contributed by atoms with Crippen LogP contribution < -0.4 is 5.32 Å². The molecule has 0 spiro atoms. The summed E-state index contributed by atoms with van der Waals surface area (Å²) in [4.78, 5) is 4.84. The number of aromatic nitrogens is 2. The first-order valence-electron chi connectivity index (χ1n) is 8.59. The second-order valence-electron chi connectivity index (χ2n) is 7.78. The van der Waals surface area contributed by atoms with Crippen LogP contribution in [0.3, 0.4) is 0 Å². The summed E-state index contributed by atoms with van der Waals surface area (Å²) in [6.07, 6.45) is 8.26. The fourth-order valence-electron chi connectivity index (χ4n) is 3.90. The van der Waals surface area contributed by atoms with Gasteiger partial charge in [0, 0.05) is 5.92 Å². The van der Waals surface area contributed by atoms with E-state index >= 15 is 0 Å². The molecule has 0 unspecified atom stereocenters. The van der Waals surface area contributed by atoms with Gasteiger partial charge in [0.2, 0.25) is 5.89 Å². The summed E-state index contributed by atoms with van der Waals surface area (Å²) in [5, 5.41) is 7.78. The molecule has 1 N–H and O–H groups in total. The summed E-state index contributed by atoms with van der Waals surface area (Å²) in [7, 11) is 0. The molecule has 1 aliphatic heterocycles. The number of hydrogen-bond acceptors (Lipinski definition) is 4. The SMILES string of the molecule is CCC1(c2nc(C3CCC(C)(C)CC3)no2)CCNCC1. The first kappa shape index (κ1) is 15.0. The van der Waals surface area contributed by atoms with Crippen molar-refractivity contribution in [3.63, 3.8) is 0 Å². The summed E-state index contributed by atoms with van der Waals surface area (Å²) >= 11 is 0. The summed E-state index contributed by atoms with van der Waals surface area (Å²) in [5.41, 5.74) is 0.604. The monoisotopic (exact) mass is 291 g/mol. The van der Waals surface area contributed by atoms with Gasteiger partial charge in [0.1, 0.15) is 0 Å².